The Labute approximate surface area is 102 Å². The standard InChI is InChI=1S/C12H7N6/c1-4-18-8-14-16-11(18)7-9(1)10-2-5-17-6-3-13-12(17)15-10/h1-6,8H. The smallest absolute Gasteiger partial charge is 0.234 e. The van der Waals surface area contributed by atoms with Crippen LogP contribution >= 0.6 is 0 Å². The highest BCUT2D eigenvalue weighted by atomic mass is 15.2. The van der Waals surface area contributed by atoms with Crippen molar-refractivity contribution >= 4 is 11.4 Å². The minimum Gasteiger partial charge on any atom is -0.291 e. The highest BCUT2D eigenvalue weighted by Crippen LogP contribution is 2.17. The number of nitrogens with zero attached hydrogens (tertiary/aromatic N) is 6. The van der Waals surface area contributed by atoms with Gasteiger partial charge in [-0.25, -0.2) is 9.97 Å². The third kappa shape index (κ3) is 1.29. The molecule has 0 amide bonds. The lowest BCUT2D eigenvalue weighted by Gasteiger charge is -2.01. The minimum absolute atomic E-state index is 0.669. The molecule has 0 aromatic carbocycles. The zero-order chi connectivity index (χ0) is 11.9. The topological polar surface area (TPSA) is 60.4 Å². The molecule has 6 heteroatoms. The molecule has 0 fully saturated rings. The second kappa shape index (κ2) is 3.36. The van der Waals surface area contributed by atoms with Gasteiger partial charge in [0.05, 0.1) is 5.69 Å². The molecule has 6 nitrogen and oxygen atoms in total. The summed E-state index contributed by atoms with van der Waals surface area (Å²) in [6, 6.07) is 7.02. The number of imidazole rings is 1. The van der Waals surface area contributed by atoms with Crippen molar-refractivity contribution in [3.8, 4) is 11.3 Å². The lowest BCUT2D eigenvalue weighted by atomic mass is 10.2. The lowest BCUT2D eigenvalue weighted by molar-refractivity contribution is 1.10. The quantitative estimate of drug-likeness (QED) is 0.498. The van der Waals surface area contributed by atoms with Crippen LogP contribution in [0.3, 0.4) is 0 Å². The maximum Gasteiger partial charge on any atom is 0.234 e. The molecule has 0 spiro atoms. The minimum atomic E-state index is 0.669. The van der Waals surface area contributed by atoms with Gasteiger partial charge in [0.15, 0.2) is 5.65 Å². The number of hydrogen-bond donors (Lipinski definition) is 0. The largest absolute Gasteiger partial charge is 0.291 e. The van der Waals surface area contributed by atoms with Gasteiger partial charge in [0.1, 0.15) is 6.33 Å². The van der Waals surface area contributed by atoms with E-state index in [0.29, 0.717) is 11.4 Å². The van der Waals surface area contributed by atoms with Crippen LogP contribution in [0, 0.1) is 6.07 Å². The van der Waals surface area contributed by atoms with Crippen LogP contribution in [0.15, 0.2) is 43.2 Å². The van der Waals surface area contributed by atoms with Crippen LogP contribution in [-0.4, -0.2) is 29.0 Å². The normalized spacial score (nSPS) is 11.3. The molecule has 0 unspecified atom stereocenters. The molecule has 0 aliphatic rings. The molecule has 0 aliphatic carbocycles. The zero-order valence-electron chi connectivity index (χ0n) is 9.22. The third-order valence-electron chi connectivity index (χ3n) is 2.76. The maximum absolute atomic E-state index is 4.46. The monoisotopic (exact) mass is 235 g/mol. The van der Waals surface area contributed by atoms with Gasteiger partial charge in [-0.05, 0) is 12.1 Å². The third-order valence-corrected chi connectivity index (χ3v) is 2.76. The molecule has 4 aromatic rings. The van der Waals surface area contributed by atoms with E-state index in [-0.39, 0.29) is 0 Å². The average molecular weight is 235 g/mol. The van der Waals surface area contributed by atoms with Crippen LogP contribution in [0.25, 0.3) is 22.7 Å². The van der Waals surface area contributed by atoms with Gasteiger partial charge in [0.2, 0.25) is 5.78 Å². The molecule has 4 heterocycles. The summed E-state index contributed by atoms with van der Waals surface area (Å²) in [6.07, 6.45) is 9.03. The van der Waals surface area contributed by atoms with Gasteiger partial charge >= 0.3 is 0 Å². The molecule has 0 saturated carbocycles. The molecule has 18 heavy (non-hydrogen) atoms. The Bertz CT molecular complexity index is 772. The summed E-state index contributed by atoms with van der Waals surface area (Å²) in [5.74, 6) is 0.669. The zero-order valence-corrected chi connectivity index (χ0v) is 9.22. The Morgan fingerprint density at radius 3 is 3.00 bits per heavy atom. The van der Waals surface area contributed by atoms with Gasteiger partial charge < -0.3 is 0 Å². The first kappa shape index (κ1) is 9.29. The molecular weight excluding hydrogens is 228 g/mol. The Hall–Kier alpha value is -2.76. The van der Waals surface area contributed by atoms with E-state index in [1.54, 1.807) is 16.9 Å². The van der Waals surface area contributed by atoms with E-state index in [0.717, 1.165) is 11.3 Å². The second-order valence-corrected chi connectivity index (χ2v) is 3.86. The fraction of sp³-hybridized carbons (Fsp3) is 0. The van der Waals surface area contributed by atoms with Crippen LogP contribution in [0.5, 0.6) is 0 Å². The number of pyridine rings is 1. The van der Waals surface area contributed by atoms with Gasteiger partial charge in [-0.3, -0.25) is 8.80 Å². The van der Waals surface area contributed by atoms with Crippen molar-refractivity contribution in [2.45, 2.75) is 0 Å². The van der Waals surface area contributed by atoms with Crippen LogP contribution in [0.1, 0.15) is 0 Å². The predicted molar refractivity (Wildman–Crippen MR) is 63.8 cm³/mol. The Balaban J connectivity index is 1.93. The van der Waals surface area contributed by atoms with Crippen molar-refractivity contribution in [2.75, 3.05) is 0 Å². The van der Waals surface area contributed by atoms with Crippen molar-refractivity contribution in [2.24, 2.45) is 0 Å². The molecule has 4 rings (SSSR count). The summed E-state index contributed by atoms with van der Waals surface area (Å²) in [6.45, 7) is 0. The Morgan fingerprint density at radius 2 is 2.00 bits per heavy atom. The molecule has 1 radical (unpaired) electrons. The highest BCUT2D eigenvalue weighted by molar-refractivity contribution is 5.63. The average Bonchev–Trinajstić information content (AvgIpc) is 3.05. The highest BCUT2D eigenvalue weighted by Gasteiger charge is 2.04. The molecule has 0 bridgehead atoms. The summed E-state index contributed by atoms with van der Waals surface area (Å²) < 4.78 is 3.66. The lowest BCUT2D eigenvalue weighted by Crippen LogP contribution is -1.92. The molecular formula is C12H7N6. The van der Waals surface area contributed by atoms with Crippen molar-refractivity contribution in [1.29, 1.82) is 0 Å². The SMILES string of the molecule is [c]1c(-c2ccn3ccnc3n2)ccn2cnnc12. The van der Waals surface area contributed by atoms with Gasteiger partial charge in [-0.1, -0.05) is 0 Å². The van der Waals surface area contributed by atoms with E-state index < -0.39 is 0 Å². The van der Waals surface area contributed by atoms with E-state index in [4.69, 9.17) is 0 Å². The number of rotatable bonds is 1. The predicted octanol–water partition coefficient (Wildman–Crippen LogP) is 1.24. The van der Waals surface area contributed by atoms with E-state index in [1.165, 1.54) is 0 Å². The molecule has 0 aliphatic heterocycles. The van der Waals surface area contributed by atoms with E-state index in [9.17, 15) is 0 Å². The van der Waals surface area contributed by atoms with E-state index in [1.807, 2.05) is 35.1 Å². The van der Waals surface area contributed by atoms with Gasteiger partial charge in [-0.2, -0.15) is 0 Å². The first-order valence-corrected chi connectivity index (χ1v) is 5.42. The van der Waals surface area contributed by atoms with Crippen LogP contribution in [0.2, 0.25) is 0 Å². The van der Waals surface area contributed by atoms with Crippen molar-refractivity contribution in [3.05, 3.63) is 49.3 Å². The molecule has 0 saturated heterocycles. The van der Waals surface area contributed by atoms with Gasteiger partial charge in [-0.15, -0.1) is 10.2 Å². The summed E-state index contributed by atoms with van der Waals surface area (Å²) in [5, 5.41) is 7.79. The fourth-order valence-corrected chi connectivity index (χ4v) is 1.86. The summed E-state index contributed by atoms with van der Waals surface area (Å²) in [7, 11) is 0. The second-order valence-electron chi connectivity index (χ2n) is 3.86. The molecule has 85 valence electrons. The van der Waals surface area contributed by atoms with E-state index >= 15 is 0 Å². The Kier molecular flexibility index (Phi) is 1.74. The van der Waals surface area contributed by atoms with E-state index in [2.05, 4.69) is 26.2 Å². The van der Waals surface area contributed by atoms with Crippen LogP contribution < -0.4 is 0 Å². The summed E-state index contributed by atoms with van der Waals surface area (Å²) >= 11 is 0. The molecule has 4 aromatic heterocycles. The number of aromatic nitrogens is 6. The maximum atomic E-state index is 4.46. The van der Waals surface area contributed by atoms with Crippen molar-refractivity contribution < 1.29 is 0 Å². The van der Waals surface area contributed by atoms with Crippen LogP contribution in [-0.2, 0) is 0 Å². The first-order valence-electron chi connectivity index (χ1n) is 5.42. The summed E-state index contributed by atoms with van der Waals surface area (Å²) in [4.78, 5) is 8.62. The molecule has 0 atom stereocenters. The van der Waals surface area contributed by atoms with Crippen molar-refractivity contribution in [3.63, 3.8) is 0 Å². The fourth-order valence-electron chi connectivity index (χ4n) is 1.86. The first-order chi connectivity index (χ1) is 8.90. The number of fused-ring (bicyclic) bond motifs is 2. The van der Waals surface area contributed by atoms with Gasteiger partial charge in [0, 0.05) is 36.4 Å². The Morgan fingerprint density at radius 1 is 1.06 bits per heavy atom. The van der Waals surface area contributed by atoms with Gasteiger partial charge in [0.25, 0.3) is 0 Å². The van der Waals surface area contributed by atoms with Crippen molar-refractivity contribution in [1.82, 2.24) is 29.0 Å². The summed E-state index contributed by atoms with van der Waals surface area (Å²) in [5.41, 5.74) is 2.37. The molecule has 0 N–H and O–H groups in total. The van der Waals surface area contributed by atoms with Crippen LogP contribution in [0.4, 0.5) is 0 Å². The number of hydrogen-bond acceptors (Lipinski definition) is 4.